The standard InChI is InChI=1S/C25H22N4O3/c1-26-25(32)16-6-10-22-21(13-16)28-24(19-5-3-2-4-17(19)14-30)29(22)18-8-9-20-15(12-18)7-11-23(31)27-20/h2-6,8-10,12-13,30H,7,11,14H2,1H3,(H,26,32)(H,27,31). The van der Waals surface area contributed by atoms with Crippen molar-refractivity contribution in [3.63, 3.8) is 0 Å². The van der Waals surface area contributed by atoms with Crippen LogP contribution in [0.2, 0.25) is 0 Å². The van der Waals surface area contributed by atoms with E-state index in [9.17, 15) is 14.7 Å². The van der Waals surface area contributed by atoms with Crippen LogP contribution in [-0.2, 0) is 17.8 Å². The van der Waals surface area contributed by atoms with Crippen LogP contribution in [0.5, 0.6) is 0 Å². The predicted molar refractivity (Wildman–Crippen MR) is 123 cm³/mol. The van der Waals surface area contributed by atoms with Crippen LogP contribution in [0, 0.1) is 0 Å². The Morgan fingerprint density at radius 3 is 2.78 bits per heavy atom. The summed E-state index contributed by atoms with van der Waals surface area (Å²) in [5.74, 6) is 0.527. The summed E-state index contributed by atoms with van der Waals surface area (Å²) in [6.45, 7) is -0.112. The maximum Gasteiger partial charge on any atom is 0.251 e. The zero-order valence-electron chi connectivity index (χ0n) is 17.6. The molecule has 7 nitrogen and oxygen atoms in total. The van der Waals surface area contributed by atoms with E-state index in [1.165, 1.54) is 0 Å². The van der Waals surface area contributed by atoms with Crippen LogP contribution in [-0.4, -0.2) is 33.5 Å². The summed E-state index contributed by atoms with van der Waals surface area (Å²) in [5.41, 5.74) is 6.43. The van der Waals surface area contributed by atoms with Crippen LogP contribution >= 0.6 is 0 Å². The maximum atomic E-state index is 12.2. The van der Waals surface area contributed by atoms with Crippen LogP contribution < -0.4 is 10.6 Å². The molecule has 0 saturated heterocycles. The highest BCUT2D eigenvalue weighted by Crippen LogP contribution is 2.33. The zero-order chi connectivity index (χ0) is 22.2. The monoisotopic (exact) mass is 426 g/mol. The number of nitrogens with one attached hydrogen (secondary N) is 2. The molecule has 0 fully saturated rings. The first-order valence-corrected chi connectivity index (χ1v) is 10.5. The molecule has 3 N–H and O–H groups in total. The van der Waals surface area contributed by atoms with Gasteiger partial charge in [-0.1, -0.05) is 24.3 Å². The highest BCUT2D eigenvalue weighted by molar-refractivity contribution is 5.98. The fourth-order valence-corrected chi connectivity index (χ4v) is 4.19. The van der Waals surface area contributed by atoms with Gasteiger partial charge in [-0.25, -0.2) is 4.98 Å². The van der Waals surface area contributed by atoms with Crippen molar-refractivity contribution < 1.29 is 14.7 Å². The molecule has 5 rings (SSSR count). The van der Waals surface area contributed by atoms with Gasteiger partial charge in [0.25, 0.3) is 5.91 Å². The number of imidazole rings is 1. The highest BCUT2D eigenvalue weighted by atomic mass is 16.3. The molecule has 1 aromatic heterocycles. The largest absolute Gasteiger partial charge is 0.392 e. The van der Waals surface area contributed by atoms with Gasteiger partial charge in [0.15, 0.2) is 0 Å². The molecule has 0 atom stereocenters. The summed E-state index contributed by atoms with van der Waals surface area (Å²) in [6.07, 6.45) is 1.13. The summed E-state index contributed by atoms with van der Waals surface area (Å²) >= 11 is 0. The van der Waals surface area contributed by atoms with Crippen molar-refractivity contribution >= 4 is 28.5 Å². The van der Waals surface area contributed by atoms with E-state index in [0.29, 0.717) is 29.7 Å². The fraction of sp³-hybridized carbons (Fsp3) is 0.160. The first-order chi connectivity index (χ1) is 15.6. The van der Waals surface area contributed by atoms with Gasteiger partial charge in [-0.15, -0.1) is 0 Å². The van der Waals surface area contributed by atoms with Gasteiger partial charge >= 0.3 is 0 Å². The minimum atomic E-state index is -0.178. The average molecular weight is 426 g/mol. The summed E-state index contributed by atoms with van der Waals surface area (Å²) < 4.78 is 2.04. The number of hydrogen-bond acceptors (Lipinski definition) is 4. The van der Waals surface area contributed by atoms with Crippen molar-refractivity contribution in [1.29, 1.82) is 0 Å². The van der Waals surface area contributed by atoms with Gasteiger partial charge in [0.1, 0.15) is 5.82 Å². The van der Waals surface area contributed by atoms with E-state index in [2.05, 4.69) is 16.7 Å². The minimum Gasteiger partial charge on any atom is -0.392 e. The van der Waals surface area contributed by atoms with Gasteiger partial charge < -0.3 is 15.7 Å². The van der Waals surface area contributed by atoms with Crippen LogP contribution in [0.4, 0.5) is 5.69 Å². The van der Waals surface area contributed by atoms with Crippen molar-refractivity contribution in [2.24, 2.45) is 0 Å². The lowest BCUT2D eigenvalue weighted by Gasteiger charge is -2.19. The average Bonchev–Trinajstić information content (AvgIpc) is 3.21. The number of hydrogen-bond donors (Lipinski definition) is 3. The van der Waals surface area contributed by atoms with E-state index in [-0.39, 0.29) is 18.4 Å². The molecule has 0 bridgehead atoms. The molecular weight excluding hydrogens is 404 g/mol. The number of carbonyl (C=O) groups is 2. The van der Waals surface area contributed by atoms with E-state index in [1.807, 2.05) is 47.0 Å². The number of rotatable bonds is 4. The number of aliphatic hydroxyl groups is 1. The molecular formula is C25H22N4O3. The molecule has 1 aliphatic heterocycles. The third-order valence-corrected chi connectivity index (χ3v) is 5.81. The number of aliphatic hydroxyl groups excluding tert-OH is 1. The Balaban J connectivity index is 1.76. The Labute approximate surface area is 184 Å². The van der Waals surface area contributed by atoms with Crippen LogP contribution in [0.25, 0.3) is 28.1 Å². The van der Waals surface area contributed by atoms with Gasteiger partial charge in [0, 0.05) is 36.0 Å². The molecule has 0 unspecified atom stereocenters. The lowest BCUT2D eigenvalue weighted by atomic mass is 10.0. The molecule has 1 aliphatic rings. The van der Waals surface area contributed by atoms with Crippen LogP contribution in [0.3, 0.4) is 0 Å². The second kappa shape index (κ2) is 7.94. The fourth-order valence-electron chi connectivity index (χ4n) is 4.19. The van der Waals surface area contributed by atoms with Crippen molar-refractivity contribution in [2.75, 3.05) is 12.4 Å². The molecule has 0 radical (unpaired) electrons. The first kappa shape index (κ1) is 20.0. The van der Waals surface area contributed by atoms with Gasteiger partial charge in [0.2, 0.25) is 5.91 Å². The second-order valence-corrected chi connectivity index (χ2v) is 7.76. The SMILES string of the molecule is CNC(=O)c1ccc2c(c1)nc(-c1ccccc1CO)n2-c1ccc2c(c1)CCC(=O)N2. The van der Waals surface area contributed by atoms with Crippen LogP contribution in [0.1, 0.15) is 27.9 Å². The molecule has 0 aliphatic carbocycles. The molecule has 2 amide bonds. The Morgan fingerprint density at radius 1 is 1.12 bits per heavy atom. The molecule has 4 aromatic rings. The third-order valence-electron chi connectivity index (χ3n) is 5.81. The lowest BCUT2D eigenvalue weighted by Crippen LogP contribution is -2.19. The first-order valence-electron chi connectivity index (χ1n) is 10.5. The molecule has 0 spiro atoms. The van der Waals surface area contributed by atoms with Gasteiger partial charge in [0.05, 0.1) is 17.6 Å². The lowest BCUT2D eigenvalue weighted by molar-refractivity contribution is -0.116. The summed E-state index contributed by atoms with van der Waals surface area (Å²) in [4.78, 5) is 28.8. The zero-order valence-corrected chi connectivity index (χ0v) is 17.6. The van der Waals surface area contributed by atoms with E-state index < -0.39 is 0 Å². The number of nitrogens with zero attached hydrogens (tertiary/aromatic N) is 2. The summed E-state index contributed by atoms with van der Waals surface area (Å²) in [7, 11) is 1.60. The number of fused-ring (bicyclic) bond motifs is 2. The van der Waals surface area contributed by atoms with E-state index in [0.717, 1.165) is 33.6 Å². The Morgan fingerprint density at radius 2 is 1.97 bits per heavy atom. The van der Waals surface area contributed by atoms with Gasteiger partial charge in [-0.2, -0.15) is 0 Å². The van der Waals surface area contributed by atoms with Gasteiger partial charge in [-0.3, -0.25) is 14.2 Å². The van der Waals surface area contributed by atoms with Crippen molar-refractivity contribution in [1.82, 2.24) is 14.9 Å². The Hall–Kier alpha value is -3.97. The Kier molecular flexibility index (Phi) is 4.95. The summed E-state index contributed by atoms with van der Waals surface area (Å²) in [5, 5.41) is 15.5. The van der Waals surface area contributed by atoms with E-state index in [4.69, 9.17) is 4.98 Å². The molecule has 160 valence electrons. The van der Waals surface area contributed by atoms with Crippen molar-refractivity contribution in [2.45, 2.75) is 19.4 Å². The van der Waals surface area contributed by atoms with Crippen molar-refractivity contribution in [3.8, 4) is 17.1 Å². The maximum absolute atomic E-state index is 12.2. The minimum absolute atomic E-state index is 0.0256. The normalized spacial score (nSPS) is 13.0. The smallest absolute Gasteiger partial charge is 0.251 e. The number of aryl methyl sites for hydroxylation is 1. The predicted octanol–water partition coefficient (Wildman–Crippen LogP) is 3.43. The van der Waals surface area contributed by atoms with Gasteiger partial charge in [-0.05, 0) is 53.9 Å². The molecule has 3 aromatic carbocycles. The van der Waals surface area contributed by atoms with E-state index >= 15 is 0 Å². The van der Waals surface area contributed by atoms with Crippen molar-refractivity contribution in [3.05, 3.63) is 77.4 Å². The number of benzene rings is 3. The quantitative estimate of drug-likeness (QED) is 0.466. The number of amides is 2. The number of carbonyl (C=O) groups excluding carboxylic acids is 2. The number of aromatic nitrogens is 2. The highest BCUT2D eigenvalue weighted by Gasteiger charge is 2.20. The second-order valence-electron chi connectivity index (χ2n) is 7.76. The Bertz CT molecular complexity index is 1370. The van der Waals surface area contributed by atoms with Crippen LogP contribution in [0.15, 0.2) is 60.7 Å². The topological polar surface area (TPSA) is 96.2 Å². The third kappa shape index (κ3) is 3.33. The molecule has 0 saturated carbocycles. The van der Waals surface area contributed by atoms with E-state index in [1.54, 1.807) is 19.2 Å². The number of anilines is 1. The summed E-state index contributed by atoms with van der Waals surface area (Å²) in [6, 6.07) is 19.0. The molecule has 7 heteroatoms. The molecule has 2 heterocycles. The molecule has 32 heavy (non-hydrogen) atoms.